The van der Waals surface area contributed by atoms with E-state index in [9.17, 15) is 28.1 Å². The quantitative estimate of drug-likeness (QED) is 0.281. The Labute approximate surface area is 274 Å². The van der Waals surface area contributed by atoms with E-state index in [-0.39, 0.29) is 47.4 Å². The summed E-state index contributed by atoms with van der Waals surface area (Å²) in [4.78, 5) is 41.4. The molecule has 1 atom stereocenters. The number of rotatable bonds is 11. The van der Waals surface area contributed by atoms with Crippen LogP contribution in [0.15, 0.2) is 59.5 Å². The first-order chi connectivity index (χ1) is 21.8. The lowest BCUT2D eigenvalue weighted by molar-refractivity contribution is -0.123. The number of likely N-dealkylation sites (tertiary alicyclic amines) is 1. The van der Waals surface area contributed by atoms with Crippen LogP contribution >= 0.6 is 11.3 Å². The SMILES string of the molecule is CN(CCCNC(=O)[C@H](CC1CCN(C(=O)OC(C)(C)C)CC1)NC(=O)c1cc2ccccc2s1)S(=O)(=O)c1ccccc1C#N. The van der Waals surface area contributed by atoms with Gasteiger partial charge in [-0.15, -0.1) is 11.3 Å². The summed E-state index contributed by atoms with van der Waals surface area (Å²) < 4.78 is 33.7. The number of nitriles is 1. The minimum absolute atomic E-state index is 0.0641. The van der Waals surface area contributed by atoms with E-state index in [1.807, 2.05) is 57.2 Å². The van der Waals surface area contributed by atoms with Crippen molar-refractivity contribution >= 4 is 49.4 Å². The topological polar surface area (TPSA) is 149 Å². The van der Waals surface area contributed by atoms with Crippen molar-refractivity contribution in [3.05, 3.63) is 65.0 Å². The van der Waals surface area contributed by atoms with Crippen LogP contribution in [-0.4, -0.2) is 80.4 Å². The fourth-order valence-corrected chi connectivity index (χ4v) is 7.59. The minimum atomic E-state index is -3.89. The Morgan fingerprint density at radius 3 is 2.46 bits per heavy atom. The Morgan fingerprint density at radius 2 is 1.78 bits per heavy atom. The largest absolute Gasteiger partial charge is 0.444 e. The van der Waals surface area contributed by atoms with Crippen molar-refractivity contribution in [2.75, 3.05) is 33.2 Å². The van der Waals surface area contributed by atoms with Gasteiger partial charge in [0.2, 0.25) is 15.9 Å². The van der Waals surface area contributed by atoms with Crippen LogP contribution in [-0.2, 0) is 19.6 Å². The molecule has 3 aromatic rings. The van der Waals surface area contributed by atoms with Crippen molar-refractivity contribution in [1.29, 1.82) is 5.26 Å². The molecule has 0 saturated carbocycles. The molecule has 13 heteroatoms. The average molecular weight is 668 g/mol. The summed E-state index contributed by atoms with van der Waals surface area (Å²) >= 11 is 1.36. The molecule has 46 heavy (non-hydrogen) atoms. The van der Waals surface area contributed by atoms with Crippen LogP contribution in [0.5, 0.6) is 0 Å². The lowest BCUT2D eigenvalue weighted by Gasteiger charge is -2.34. The lowest BCUT2D eigenvalue weighted by Crippen LogP contribution is -2.49. The van der Waals surface area contributed by atoms with Crippen molar-refractivity contribution < 1.29 is 27.5 Å². The number of carbonyl (C=O) groups is 3. The average Bonchev–Trinajstić information content (AvgIpc) is 3.46. The highest BCUT2D eigenvalue weighted by Crippen LogP contribution is 2.27. The van der Waals surface area contributed by atoms with Gasteiger partial charge in [-0.25, -0.2) is 17.5 Å². The van der Waals surface area contributed by atoms with E-state index in [2.05, 4.69) is 10.6 Å². The van der Waals surface area contributed by atoms with Crippen molar-refractivity contribution in [2.24, 2.45) is 5.92 Å². The highest BCUT2D eigenvalue weighted by molar-refractivity contribution is 7.89. The first-order valence-corrected chi connectivity index (χ1v) is 17.5. The third-order valence-corrected chi connectivity index (χ3v) is 10.8. The molecule has 3 amide bonds. The van der Waals surface area contributed by atoms with Crippen LogP contribution in [0.1, 0.15) is 61.7 Å². The van der Waals surface area contributed by atoms with Gasteiger partial charge in [0.05, 0.1) is 15.3 Å². The number of hydrogen-bond acceptors (Lipinski definition) is 8. The Morgan fingerprint density at radius 1 is 1.11 bits per heavy atom. The Kier molecular flexibility index (Phi) is 11.4. The second-order valence-corrected chi connectivity index (χ2v) is 15.5. The van der Waals surface area contributed by atoms with Crippen LogP contribution in [0.2, 0.25) is 0 Å². The molecule has 2 heterocycles. The van der Waals surface area contributed by atoms with Gasteiger partial charge < -0.3 is 20.3 Å². The van der Waals surface area contributed by atoms with E-state index >= 15 is 0 Å². The first kappa shape index (κ1) is 34.9. The highest BCUT2D eigenvalue weighted by Gasteiger charge is 2.31. The number of nitrogens with zero attached hydrogens (tertiary/aromatic N) is 3. The van der Waals surface area contributed by atoms with E-state index in [4.69, 9.17) is 4.74 Å². The zero-order chi connectivity index (χ0) is 33.5. The maximum absolute atomic E-state index is 13.5. The zero-order valence-electron chi connectivity index (χ0n) is 26.6. The number of fused-ring (bicyclic) bond motifs is 1. The molecule has 4 rings (SSSR count). The van der Waals surface area contributed by atoms with Gasteiger partial charge in [0.1, 0.15) is 17.7 Å². The lowest BCUT2D eigenvalue weighted by atomic mass is 9.90. The summed E-state index contributed by atoms with van der Waals surface area (Å²) in [5.41, 5.74) is -0.523. The number of sulfonamides is 1. The molecular weight excluding hydrogens is 627 g/mol. The van der Waals surface area contributed by atoms with Gasteiger partial charge >= 0.3 is 6.09 Å². The van der Waals surface area contributed by atoms with Crippen LogP contribution in [0.4, 0.5) is 4.79 Å². The van der Waals surface area contributed by atoms with Gasteiger partial charge in [-0.1, -0.05) is 30.3 Å². The number of piperidine rings is 1. The number of ether oxygens (including phenoxy) is 1. The minimum Gasteiger partial charge on any atom is -0.444 e. The number of benzene rings is 2. The maximum atomic E-state index is 13.5. The summed E-state index contributed by atoms with van der Waals surface area (Å²) in [5, 5.41) is 16.1. The molecule has 1 aromatic heterocycles. The van der Waals surface area contributed by atoms with Crippen molar-refractivity contribution in [3.63, 3.8) is 0 Å². The molecule has 0 radical (unpaired) electrons. The maximum Gasteiger partial charge on any atom is 0.410 e. The molecule has 246 valence electrons. The van der Waals surface area contributed by atoms with Gasteiger partial charge in [-0.2, -0.15) is 5.26 Å². The van der Waals surface area contributed by atoms with E-state index in [0.717, 1.165) is 14.4 Å². The molecule has 1 fully saturated rings. The fraction of sp³-hybridized carbons (Fsp3) is 0.455. The predicted molar refractivity (Wildman–Crippen MR) is 177 cm³/mol. The van der Waals surface area contributed by atoms with Crippen molar-refractivity contribution in [2.45, 2.75) is 63.0 Å². The molecule has 2 aromatic carbocycles. The van der Waals surface area contributed by atoms with Crippen LogP contribution < -0.4 is 10.6 Å². The van der Waals surface area contributed by atoms with Gasteiger partial charge in [-0.05, 0) is 82.0 Å². The number of amides is 3. The van der Waals surface area contributed by atoms with Gasteiger partial charge in [0, 0.05) is 37.9 Å². The normalized spacial score (nSPS) is 14.9. The highest BCUT2D eigenvalue weighted by atomic mass is 32.2. The molecular formula is C33H41N5O6S2. The van der Waals surface area contributed by atoms with Crippen molar-refractivity contribution in [1.82, 2.24) is 19.8 Å². The molecule has 1 aliphatic rings. The molecule has 1 saturated heterocycles. The van der Waals surface area contributed by atoms with Crippen LogP contribution in [0.25, 0.3) is 10.1 Å². The molecule has 0 unspecified atom stereocenters. The smallest absolute Gasteiger partial charge is 0.410 e. The van der Waals surface area contributed by atoms with E-state index in [0.29, 0.717) is 43.6 Å². The standard InChI is InChI=1S/C33H41N5O6S2/c1-33(2,3)44-32(41)38-18-14-23(15-19-38)20-26(36-31(40)28-21-24-10-5-7-12-27(24)45-28)30(39)35-16-9-17-37(4)46(42,43)29-13-8-6-11-25(29)22-34/h5-8,10-13,21,23,26H,9,14-20H2,1-4H3,(H,35,39)(H,36,40)/t26-/m0/s1. The summed E-state index contributed by atoms with van der Waals surface area (Å²) in [6.45, 7) is 6.76. The van der Waals surface area contributed by atoms with E-state index in [1.54, 1.807) is 17.0 Å². The monoisotopic (exact) mass is 667 g/mol. The number of hydrogen-bond donors (Lipinski definition) is 2. The second-order valence-electron chi connectivity index (χ2n) is 12.4. The van der Waals surface area contributed by atoms with Gasteiger partial charge in [0.25, 0.3) is 5.91 Å². The Bertz CT molecular complexity index is 1670. The van der Waals surface area contributed by atoms with Crippen LogP contribution in [0.3, 0.4) is 0 Å². The van der Waals surface area contributed by atoms with E-state index < -0.39 is 21.7 Å². The molecule has 11 nitrogen and oxygen atoms in total. The number of nitrogens with one attached hydrogen (secondary N) is 2. The Hall–Kier alpha value is -3.99. The summed E-state index contributed by atoms with van der Waals surface area (Å²) in [7, 11) is -2.46. The summed E-state index contributed by atoms with van der Waals surface area (Å²) in [6, 6.07) is 16.6. The molecule has 2 N–H and O–H groups in total. The number of carbonyl (C=O) groups excluding carboxylic acids is 3. The number of thiophene rings is 1. The third kappa shape index (κ3) is 9.05. The summed E-state index contributed by atoms with van der Waals surface area (Å²) in [6.07, 6.45) is 1.68. The third-order valence-electron chi connectivity index (χ3n) is 7.75. The summed E-state index contributed by atoms with van der Waals surface area (Å²) in [5.74, 6) is -0.604. The zero-order valence-corrected chi connectivity index (χ0v) is 28.2. The van der Waals surface area contributed by atoms with Gasteiger partial charge in [-0.3, -0.25) is 9.59 Å². The molecule has 0 spiro atoms. The molecule has 1 aliphatic heterocycles. The Balaban J connectivity index is 1.37. The van der Waals surface area contributed by atoms with Gasteiger partial charge in [0.15, 0.2) is 0 Å². The predicted octanol–water partition coefficient (Wildman–Crippen LogP) is 4.74. The van der Waals surface area contributed by atoms with Crippen LogP contribution in [0, 0.1) is 17.2 Å². The molecule has 0 aliphatic carbocycles. The molecule has 0 bridgehead atoms. The first-order valence-electron chi connectivity index (χ1n) is 15.3. The fourth-order valence-electron chi connectivity index (χ4n) is 5.27. The van der Waals surface area contributed by atoms with Crippen molar-refractivity contribution in [3.8, 4) is 6.07 Å². The van der Waals surface area contributed by atoms with E-state index in [1.165, 1.54) is 30.5 Å². The second kappa shape index (κ2) is 15.1.